The van der Waals surface area contributed by atoms with Crippen LogP contribution in [0.1, 0.15) is 0 Å². The van der Waals surface area contributed by atoms with Crippen LogP contribution in [0, 0.1) is 0 Å². The quantitative estimate of drug-likeness (QED) is 0.220. The summed E-state index contributed by atoms with van der Waals surface area (Å²) in [4.78, 5) is 18.9. The highest BCUT2D eigenvalue weighted by Crippen LogP contribution is 2.39. The van der Waals surface area contributed by atoms with Gasteiger partial charge in [0.15, 0.2) is 11.5 Å². The van der Waals surface area contributed by atoms with Crippen LogP contribution >= 0.6 is 0 Å². The molecule has 0 atom stereocenters. The molecule has 0 saturated heterocycles. The Labute approximate surface area is 246 Å². The van der Waals surface area contributed by atoms with E-state index in [1.54, 1.807) is 12.4 Å². The zero-order valence-electron chi connectivity index (χ0n) is 23.0. The molecule has 200 valence electrons. The molecule has 3 aromatic heterocycles. The molecule has 0 aliphatic heterocycles. The summed E-state index contributed by atoms with van der Waals surface area (Å²) >= 11 is 0. The molecular weight excluding hydrogens is 526 g/mol. The minimum Gasteiger partial charge on any atom is -0.309 e. The Morgan fingerprint density at radius 1 is 0.488 bits per heavy atom. The molecule has 0 amide bonds. The number of hydrogen-bond acceptors (Lipinski definition) is 4. The van der Waals surface area contributed by atoms with Crippen LogP contribution < -0.4 is 0 Å². The van der Waals surface area contributed by atoms with Crippen LogP contribution in [0.4, 0.5) is 0 Å². The Balaban J connectivity index is 1.27. The van der Waals surface area contributed by atoms with Gasteiger partial charge in [-0.05, 0) is 52.6 Å². The van der Waals surface area contributed by atoms with Crippen LogP contribution in [0.5, 0.6) is 0 Å². The summed E-state index contributed by atoms with van der Waals surface area (Å²) in [7, 11) is 0. The first-order chi connectivity index (χ1) is 21.3. The molecule has 0 fully saturated rings. The van der Waals surface area contributed by atoms with Crippen LogP contribution in [0.15, 0.2) is 140 Å². The Hall–Kier alpha value is -5.94. The van der Waals surface area contributed by atoms with E-state index in [-0.39, 0.29) is 0 Å². The van der Waals surface area contributed by atoms with Gasteiger partial charge in [-0.25, -0.2) is 19.9 Å². The standard InChI is InChI=1S/C38H23N5/c1-2-9-25(10-3-1)34-35-38(40-21-20-39-35)42-37(41-34)26-14-17-29(18-15-26)43-33-23-28-12-5-4-11-27(28)22-32(33)31-19-16-24-8-6-7-13-30(24)36(31)43/h1-23H. The molecule has 0 aliphatic rings. The van der Waals surface area contributed by atoms with Crippen LogP contribution in [-0.2, 0) is 0 Å². The number of fused-ring (bicyclic) bond motifs is 7. The zero-order valence-corrected chi connectivity index (χ0v) is 23.0. The monoisotopic (exact) mass is 549 g/mol. The van der Waals surface area contributed by atoms with Crippen molar-refractivity contribution in [2.24, 2.45) is 0 Å². The van der Waals surface area contributed by atoms with E-state index in [1.807, 2.05) is 30.3 Å². The van der Waals surface area contributed by atoms with Crippen LogP contribution in [0.25, 0.3) is 82.8 Å². The highest BCUT2D eigenvalue weighted by atomic mass is 15.0. The molecular formula is C38H23N5. The van der Waals surface area contributed by atoms with E-state index in [2.05, 4.69) is 112 Å². The smallest absolute Gasteiger partial charge is 0.182 e. The van der Waals surface area contributed by atoms with E-state index >= 15 is 0 Å². The lowest BCUT2D eigenvalue weighted by atomic mass is 10.0. The first-order valence-electron chi connectivity index (χ1n) is 14.3. The molecule has 0 radical (unpaired) electrons. The topological polar surface area (TPSA) is 56.5 Å². The molecule has 0 saturated carbocycles. The number of rotatable bonds is 3. The number of nitrogens with zero attached hydrogens (tertiary/aromatic N) is 5. The summed E-state index contributed by atoms with van der Waals surface area (Å²) in [6.07, 6.45) is 3.36. The summed E-state index contributed by atoms with van der Waals surface area (Å²) in [6, 6.07) is 44.9. The molecule has 5 nitrogen and oxygen atoms in total. The van der Waals surface area contributed by atoms with Crippen molar-refractivity contribution in [2.45, 2.75) is 0 Å². The first-order valence-corrected chi connectivity index (χ1v) is 14.3. The van der Waals surface area contributed by atoms with Crippen molar-refractivity contribution in [3.63, 3.8) is 0 Å². The van der Waals surface area contributed by atoms with Gasteiger partial charge in [0.2, 0.25) is 0 Å². The van der Waals surface area contributed by atoms with Gasteiger partial charge in [-0.1, -0.05) is 91.0 Å². The van der Waals surface area contributed by atoms with Gasteiger partial charge in [0.25, 0.3) is 0 Å². The van der Waals surface area contributed by atoms with Gasteiger partial charge in [0.05, 0.1) is 11.0 Å². The third-order valence-electron chi connectivity index (χ3n) is 8.28. The molecule has 43 heavy (non-hydrogen) atoms. The van der Waals surface area contributed by atoms with E-state index in [9.17, 15) is 0 Å². The van der Waals surface area contributed by atoms with Gasteiger partial charge >= 0.3 is 0 Å². The van der Waals surface area contributed by atoms with E-state index in [0.29, 0.717) is 17.0 Å². The van der Waals surface area contributed by atoms with Crippen LogP contribution in [0.3, 0.4) is 0 Å². The highest BCUT2D eigenvalue weighted by Gasteiger charge is 2.17. The average Bonchev–Trinajstić information content (AvgIpc) is 3.40. The summed E-state index contributed by atoms with van der Waals surface area (Å²) in [5, 5.41) is 7.40. The maximum atomic E-state index is 4.99. The maximum Gasteiger partial charge on any atom is 0.182 e. The van der Waals surface area contributed by atoms with Gasteiger partial charge in [-0.3, -0.25) is 0 Å². The fourth-order valence-electron chi connectivity index (χ4n) is 6.28. The van der Waals surface area contributed by atoms with Gasteiger partial charge in [0.1, 0.15) is 11.2 Å². The molecule has 6 aromatic carbocycles. The molecule has 0 N–H and O–H groups in total. The van der Waals surface area contributed by atoms with Crippen molar-refractivity contribution >= 4 is 54.5 Å². The Morgan fingerprint density at radius 2 is 1.21 bits per heavy atom. The number of aromatic nitrogens is 5. The fraction of sp³-hybridized carbons (Fsp3) is 0. The first kappa shape index (κ1) is 23.7. The van der Waals surface area contributed by atoms with Crippen molar-refractivity contribution in [3.8, 4) is 28.3 Å². The minimum absolute atomic E-state index is 0.580. The van der Waals surface area contributed by atoms with E-state index in [0.717, 1.165) is 22.5 Å². The highest BCUT2D eigenvalue weighted by molar-refractivity contribution is 6.20. The zero-order chi connectivity index (χ0) is 28.3. The minimum atomic E-state index is 0.580. The summed E-state index contributed by atoms with van der Waals surface area (Å²) in [6.45, 7) is 0. The lowest BCUT2D eigenvalue weighted by Gasteiger charge is -2.12. The summed E-state index contributed by atoms with van der Waals surface area (Å²) in [5.41, 5.74) is 7.43. The lowest BCUT2D eigenvalue weighted by molar-refractivity contribution is 1.15. The van der Waals surface area contributed by atoms with Crippen LogP contribution in [0.2, 0.25) is 0 Å². The third-order valence-corrected chi connectivity index (χ3v) is 8.28. The van der Waals surface area contributed by atoms with Gasteiger partial charge in [-0.2, -0.15) is 0 Å². The molecule has 9 aromatic rings. The molecule has 5 heteroatoms. The Bertz CT molecular complexity index is 2500. The Morgan fingerprint density at radius 3 is 2.05 bits per heavy atom. The van der Waals surface area contributed by atoms with E-state index < -0.39 is 0 Å². The van der Waals surface area contributed by atoms with Gasteiger partial charge < -0.3 is 4.57 Å². The second-order valence-corrected chi connectivity index (χ2v) is 10.8. The van der Waals surface area contributed by atoms with Crippen LogP contribution in [-0.4, -0.2) is 24.5 Å². The predicted molar refractivity (Wildman–Crippen MR) is 175 cm³/mol. The molecule has 0 aliphatic carbocycles. The molecule has 0 spiro atoms. The number of hydrogen-bond donors (Lipinski definition) is 0. The van der Waals surface area contributed by atoms with Crippen molar-refractivity contribution in [2.75, 3.05) is 0 Å². The summed E-state index contributed by atoms with van der Waals surface area (Å²) in [5.74, 6) is 0.622. The van der Waals surface area contributed by atoms with Crippen molar-refractivity contribution < 1.29 is 0 Å². The van der Waals surface area contributed by atoms with Gasteiger partial charge in [0, 0.05) is 45.4 Å². The average molecular weight is 550 g/mol. The second-order valence-electron chi connectivity index (χ2n) is 10.8. The lowest BCUT2D eigenvalue weighted by Crippen LogP contribution is -1.99. The second kappa shape index (κ2) is 9.29. The van der Waals surface area contributed by atoms with Crippen molar-refractivity contribution in [3.05, 3.63) is 140 Å². The SMILES string of the molecule is c1ccc(-c2nc(-c3ccc(-n4c5cc6ccccc6cc5c5ccc6ccccc6c54)cc3)nc3nccnc23)cc1. The van der Waals surface area contributed by atoms with Crippen molar-refractivity contribution in [1.29, 1.82) is 0 Å². The Kier molecular flexibility index (Phi) is 5.13. The molecule has 3 heterocycles. The number of benzene rings is 6. The molecule has 9 rings (SSSR count). The molecule has 0 unspecified atom stereocenters. The molecule has 0 bridgehead atoms. The predicted octanol–water partition coefficient (Wildman–Crippen LogP) is 9.16. The summed E-state index contributed by atoms with van der Waals surface area (Å²) < 4.78 is 2.39. The normalized spacial score (nSPS) is 11.7. The van der Waals surface area contributed by atoms with Crippen molar-refractivity contribution in [1.82, 2.24) is 24.5 Å². The van der Waals surface area contributed by atoms with E-state index in [1.165, 1.54) is 43.4 Å². The maximum absolute atomic E-state index is 4.99. The third kappa shape index (κ3) is 3.72. The fourth-order valence-corrected chi connectivity index (χ4v) is 6.28. The van der Waals surface area contributed by atoms with Gasteiger partial charge in [-0.15, -0.1) is 0 Å². The van der Waals surface area contributed by atoms with E-state index in [4.69, 9.17) is 9.97 Å². The largest absolute Gasteiger partial charge is 0.309 e.